The van der Waals surface area contributed by atoms with Crippen molar-refractivity contribution in [1.29, 1.82) is 0 Å². The Kier molecular flexibility index (Phi) is 10.5. The van der Waals surface area contributed by atoms with Crippen molar-refractivity contribution in [3.63, 3.8) is 0 Å². The molecule has 0 fully saturated rings. The van der Waals surface area contributed by atoms with Gasteiger partial charge in [0, 0.05) is 65.8 Å². The van der Waals surface area contributed by atoms with E-state index < -0.39 is 0 Å². The predicted octanol–water partition coefficient (Wildman–Crippen LogP) is 21.5. The van der Waals surface area contributed by atoms with Gasteiger partial charge in [-0.15, -0.1) is 0 Å². The molecule has 11 aromatic carbocycles. The van der Waals surface area contributed by atoms with Crippen molar-refractivity contribution in [3.05, 3.63) is 253 Å². The molecule has 0 aliphatic carbocycles. The molecule has 4 nitrogen and oxygen atoms in total. The maximum absolute atomic E-state index is 2.64. The zero-order valence-corrected chi connectivity index (χ0v) is 46.7. The van der Waals surface area contributed by atoms with Crippen LogP contribution in [0.25, 0.3) is 98.4 Å². The molecule has 15 aromatic rings. The van der Waals surface area contributed by atoms with Crippen molar-refractivity contribution in [2.75, 3.05) is 9.80 Å². The molecule has 0 amide bonds. The number of para-hydroxylation sites is 2. The first-order chi connectivity index (χ1) is 38.8. The molecule has 0 unspecified atom stereocenters. The standard InChI is InChI=1S/C76H62N4/c1-47-31-35-53(36-32-47)77(55-25-15-23-51(43-55)49-19-11-9-12-20-49)65-41-39-57-61-45-68-62(46-67(61)79-71-59(69(65)73(57)79)27-17-29-63(71)75(3,4)5)58-40-42-66(70-60-28-18-30-64(76(6,7)8)72(60)80(68)74(58)70)78(54-37-33-48(2)34-38-54)56-26-16-24-52(44-56)50-21-13-10-14-22-50/h9-46H,1-8H3. The molecule has 0 bridgehead atoms. The van der Waals surface area contributed by atoms with Crippen LogP contribution in [0.2, 0.25) is 0 Å². The predicted molar refractivity (Wildman–Crippen MR) is 343 cm³/mol. The maximum Gasteiger partial charge on any atom is 0.0641 e. The summed E-state index contributed by atoms with van der Waals surface area (Å²) in [6, 6.07) is 86.4. The van der Waals surface area contributed by atoms with Gasteiger partial charge in [0.2, 0.25) is 0 Å². The van der Waals surface area contributed by atoms with E-state index >= 15 is 0 Å². The highest BCUT2D eigenvalue weighted by Crippen LogP contribution is 2.53. The van der Waals surface area contributed by atoms with Crippen molar-refractivity contribution < 1.29 is 0 Å². The van der Waals surface area contributed by atoms with E-state index in [0.29, 0.717) is 0 Å². The van der Waals surface area contributed by atoms with Crippen LogP contribution in [-0.4, -0.2) is 8.80 Å². The number of hydrogen-bond acceptors (Lipinski definition) is 2. The van der Waals surface area contributed by atoms with Gasteiger partial charge in [-0.3, -0.25) is 0 Å². The minimum atomic E-state index is -0.138. The third-order valence-corrected chi connectivity index (χ3v) is 17.1. The number of hydrogen-bond donors (Lipinski definition) is 0. The third kappa shape index (κ3) is 7.21. The average Bonchev–Trinajstić information content (AvgIpc) is 4.40. The summed E-state index contributed by atoms with van der Waals surface area (Å²) < 4.78 is 5.29. The second-order valence-corrected chi connectivity index (χ2v) is 24.3. The number of rotatable bonds is 8. The fraction of sp³-hybridized carbons (Fsp3) is 0.132. The smallest absolute Gasteiger partial charge is 0.0641 e. The van der Waals surface area contributed by atoms with Gasteiger partial charge in [0.25, 0.3) is 0 Å². The molecule has 386 valence electrons. The van der Waals surface area contributed by atoms with Crippen LogP contribution in [-0.2, 0) is 10.8 Å². The molecule has 0 radical (unpaired) electrons. The van der Waals surface area contributed by atoms with Crippen LogP contribution in [0.5, 0.6) is 0 Å². The Labute approximate surface area is 467 Å². The maximum atomic E-state index is 2.64. The molecular weight excluding hydrogens is 969 g/mol. The van der Waals surface area contributed by atoms with Gasteiger partial charge in [0.15, 0.2) is 0 Å². The molecule has 4 heterocycles. The summed E-state index contributed by atoms with van der Waals surface area (Å²) in [6.45, 7) is 18.5. The normalized spacial score (nSPS) is 12.5. The van der Waals surface area contributed by atoms with Gasteiger partial charge in [0.05, 0.1) is 44.5 Å². The quantitative estimate of drug-likeness (QED) is 0.151. The lowest BCUT2D eigenvalue weighted by atomic mass is 9.85. The summed E-state index contributed by atoms with van der Waals surface area (Å²) in [5.74, 6) is 0. The molecule has 0 aliphatic rings. The van der Waals surface area contributed by atoms with Gasteiger partial charge in [0.1, 0.15) is 0 Å². The second kappa shape index (κ2) is 17.6. The number of aromatic nitrogens is 2. The molecule has 0 N–H and O–H groups in total. The highest BCUT2D eigenvalue weighted by molar-refractivity contribution is 6.32. The van der Waals surface area contributed by atoms with E-state index in [1.54, 1.807) is 0 Å². The first-order valence-corrected chi connectivity index (χ1v) is 28.3. The number of fused-ring (bicyclic) bond motifs is 12. The second-order valence-electron chi connectivity index (χ2n) is 24.3. The molecule has 4 heteroatoms. The van der Waals surface area contributed by atoms with Crippen LogP contribution in [0.1, 0.15) is 63.8 Å². The van der Waals surface area contributed by atoms with Crippen molar-refractivity contribution in [3.8, 4) is 22.3 Å². The molecule has 0 saturated carbocycles. The summed E-state index contributed by atoms with van der Waals surface area (Å²) in [4.78, 5) is 4.98. The number of benzene rings is 11. The highest BCUT2D eigenvalue weighted by Gasteiger charge is 2.32. The number of aryl methyl sites for hydroxylation is 2. The van der Waals surface area contributed by atoms with E-state index in [9.17, 15) is 0 Å². The zero-order chi connectivity index (χ0) is 54.3. The van der Waals surface area contributed by atoms with Gasteiger partial charge in [-0.1, -0.05) is 210 Å². The Hall–Kier alpha value is -9.38. The fourth-order valence-electron chi connectivity index (χ4n) is 13.4. The molecule has 0 spiro atoms. The van der Waals surface area contributed by atoms with Crippen LogP contribution in [0.3, 0.4) is 0 Å². The van der Waals surface area contributed by atoms with Gasteiger partial charge >= 0.3 is 0 Å². The van der Waals surface area contributed by atoms with Crippen molar-refractivity contribution >= 4 is 110 Å². The lowest BCUT2D eigenvalue weighted by molar-refractivity contribution is 0.594. The Bertz CT molecular complexity index is 4580. The average molecular weight is 1030 g/mol. The first kappa shape index (κ1) is 47.8. The number of nitrogens with zero attached hydrogens (tertiary/aromatic N) is 4. The summed E-state index contributed by atoms with van der Waals surface area (Å²) in [5, 5.41) is 10.1. The summed E-state index contributed by atoms with van der Waals surface area (Å²) in [5.41, 5.74) is 23.9. The number of anilines is 6. The zero-order valence-electron chi connectivity index (χ0n) is 46.7. The summed E-state index contributed by atoms with van der Waals surface area (Å²) in [7, 11) is 0. The van der Waals surface area contributed by atoms with Crippen LogP contribution < -0.4 is 9.80 Å². The Morgan fingerprint density at radius 1 is 0.287 bits per heavy atom. The van der Waals surface area contributed by atoms with E-state index in [1.807, 2.05) is 0 Å². The van der Waals surface area contributed by atoms with Crippen molar-refractivity contribution in [1.82, 2.24) is 8.80 Å². The molecule has 80 heavy (non-hydrogen) atoms. The van der Waals surface area contributed by atoms with Crippen molar-refractivity contribution in [2.45, 2.75) is 66.2 Å². The molecule has 0 saturated heterocycles. The fourth-order valence-corrected chi connectivity index (χ4v) is 13.4. The minimum absolute atomic E-state index is 0.138. The molecule has 15 rings (SSSR count). The van der Waals surface area contributed by atoms with Crippen LogP contribution in [0, 0.1) is 13.8 Å². The minimum Gasteiger partial charge on any atom is -0.310 e. The van der Waals surface area contributed by atoms with E-state index in [0.717, 1.165) is 34.1 Å². The Morgan fingerprint density at radius 3 is 1.05 bits per heavy atom. The van der Waals surface area contributed by atoms with E-state index in [4.69, 9.17) is 0 Å². The Balaban J connectivity index is 1.05. The van der Waals surface area contributed by atoms with Crippen LogP contribution in [0.15, 0.2) is 231 Å². The molecule has 0 aliphatic heterocycles. The lowest BCUT2D eigenvalue weighted by Gasteiger charge is -2.27. The summed E-state index contributed by atoms with van der Waals surface area (Å²) in [6.07, 6.45) is 0. The molecule has 4 aromatic heterocycles. The Morgan fingerprint density at radius 2 is 0.662 bits per heavy atom. The topological polar surface area (TPSA) is 15.3 Å². The first-order valence-electron chi connectivity index (χ1n) is 28.3. The van der Waals surface area contributed by atoms with Gasteiger partial charge in [-0.2, -0.15) is 0 Å². The van der Waals surface area contributed by atoms with Gasteiger partial charge in [-0.05, 0) is 131 Å². The SMILES string of the molecule is Cc1ccc(N(c2cccc(-c3ccccc3)c2)c2ccc3c4cc5c(cc4n4c6c(C(C)(C)C)cccc6c2c34)c2ccc(N(c3ccc(C)cc3)c3cccc(-c4ccccc4)c3)c3c4cccc(C(C)(C)C)c4n5c23)cc1. The largest absolute Gasteiger partial charge is 0.310 e. The highest BCUT2D eigenvalue weighted by atomic mass is 15.2. The van der Waals surface area contributed by atoms with Crippen LogP contribution in [0.4, 0.5) is 34.1 Å². The van der Waals surface area contributed by atoms with Crippen molar-refractivity contribution in [2.24, 2.45) is 0 Å². The van der Waals surface area contributed by atoms with Gasteiger partial charge < -0.3 is 18.6 Å². The van der Waals surface area contributed by atoms with Crippen LogP contribution >= 0.6 is 0 Å². The van der Waals surface area contributed by atoms with Gasteiger partial charge in [-0.25, -0.2) is 0 Å². The molecular formula is C76H62N4. The monoisotopic (exact) mass is 1030 g/mol. The van der Waals surface area contributed by atoms with E-state index in [1.165, 1.54) is 121 Å². The van der Waals surface area contributed by atoms with E-state index in [-0.39, 0.29) is 10.8 Å². The lowest BCUT2D eigenvalue weighted by Crippen LogP contribution is -2.12. The molecule has 0 atom stereocenters. The third-order valence-electron chi connectivity index (χ3n) is 17.1. The summed E-state index contributed by atoms with van der Waals surface area (Å²) >= 11 is 0. The van der Waals surface area contributed by atoms with E-state index in [2.05, 4.69) is 305 Å².